The Labute approximate surface area is 117 Å². The number of nitrogens with zero attached hydrogens (tertiary/aromatic N) is 3. The van der Waals surface area contributed by atoms with Gasteiger partial charge in [-0.25, -0.2) is 4.98 Å². The Kier molecular flexibility index (Phi) is 2.60. The Morgan fingerprint density at radius 3 is 3.11 bits per heavy atom. The van der Waals surface area contributed by atoms with Crippen molar-refractivity contribution in [1.82, 2.24) is 9.38 Å². The van der Waals surface area contributed by atoms with Crippen LogP contribution in [0.5, 0.6) is 0 Å². The van der Waals surface area contributed by atoms with Crippen LogP contribution in [-0.2, 0) is 6.42 Å². The second kappa shape index (κ2) is 4.21. The molecule has 3 atom stereocenters. The molecule has 3 heterocycles. The van der Waals surface area contributed by atoms with Crippen molar-refractivity contribution in [2.24, 2.45) is 11.7 Å². The fraction of sp³-hybridized carbons (Fsp3) is 0.643. The van der Waals surface area contributed by atoms with Crippen molar-refractivity contribution in [2.75, 3.05) is 11.4 Å². The quantitative estimate of drug-likeness (QED) is 0.935. The largest absolute Gasteiger partial charge is 0.352 e. The maximum absolute atomic E-state index is 6.03. The zero-order chi connectivity index (χ0) is 13.0. The van der Waals surface area contributed by atoms with Crippen LogP contribution >= 0.6 is 11.3 Å². The summed E-state index contributed by atoms with van der Waals surface area (Å²) in [7, 11) is 0. The first-order chi connectivity index (χ1) is 9.22. The van der Waals surface area contributed by atoms with Gasteiger partial charge in [-0.3, -0.25) is 4.40 Å². The van der Waals surface area contributed by atoms with Gasteiger partial charge in [0.05, 0.1) is 5.69 Å². The van der Waals surface area contributed by atoms with Gasteiger partial charge in [-0.15, -0.1) is 11.3 Å². The van der Waals surface area contributed by atoms with E-state index in [1.165, 1.54) is 37.3 Å². The Morgan fingerprint density at radius 2 is 2.42 bits per heavy atom. The van der Waals surface area contributed by atoms with Gasteiger partial charge >= 0.3 is 0 Å². The molecule has 5 heteroatoms. The summed E-state index contributed by atoms with van der Waals surface area (Å²) in [6.45, 7) is 3.27. The molecule has 102 valence electrons. The summed E-state index contributed by atoms with van der Waals surface area (Å²) >= 11 is 1.71. The fourth-order valence-corrected chi connectivity index (χ4v) is 4.46. The predicted molar refractivity (Wildman–Crippen MR) is 78.9 cm³/mol. The molecule has 0 amide bonds. The third kappa shape index (κ3) is 1.79. The van der Waals surface area contributed by atoms with Crippen LogP contribution in [0.4, 0.5) is 5.82 Å². The SMILES string of the molecule is CC(N)Cc1c(N2CC3CCC2C3)nc2sccn12. The topological polar surface area (TPSA) is 46.6 Å². The average Bonchev–Trinajstić information content (AvgIpc) is 3.08. The summed E-state index contributed by atoms with van der Waals surface area (Å²) in [5.74, 6) is 2.10. The van der Waals surface area contributed by atoms with Gasteiger partial charge in [0, 0.05) is 36.6 Å². The second-order valence-electron chi connectivity index (χ2n) is 6.10. The van der Waals surface area contributed by atoms with Gasteiger partial charge in [0.15, 0.2) is 10.8 Å². The number of hydrogen-bond acceptors (Lipinski definition) is 4. The molecule has 1 aliphatic carbocycles. The molecular formula is C14H20N4S. The molecule has 1 saturated heterocycles. The maximum atomic E-state index is 6.03. The molecule has 0 aromatic carbocycles. The molecule has 19 heavy (non-hydrogen) atoms. The van der Waals surface area contributed by atoms with Crippen molar-refractivity contribution in [3.8, 4) is 0 Å². The van der Waals surface area contributed by atoms with E-state index < -0.39 is 0 Å². The smallest absolute Gasteiger partial charge is 0.195 e. The zero-order valence-electron chi connectivity index (χ0n) is 11.2. The molecule has 2 bridgehead atoms. The number of nitrogens with two attached hydrogens (primary N) is 1. The fourth-order valence-electron chi connectivity index (χ4n) is 3.73. The van der Waals surface area contributed by atoms with Gasteiger partial charge < -0.3 is 10.6 Å². The minimum atomic E-state index is 0.179. The number of fused-ring (bicyclic) bond motifs is 3. The van der Waals surface area contributed by atoms with Crippen LogP contribution < -0.4 is 10.6 Å². The molecule has 2 aromatic rings. The molecule has 2 aliphatic rings. The van der Waals surface area contributed by atoms with E-state index in [4.69, 9.17) is 10.7 Å². The number of aromatic nitrogens is 2. The Hall–Kier alpha value is -1.07. The number of hydrogen-bond donors (Lipinski definition) is 1. The highest BCUT2D eigenvalue weighted by Crippen LogP contribution is 2.41. The van der Waals surface area contributed by atoms with Crippen LogP contribution in [0.15, 0.2) is 11.6 Å². The van der Waals surface area contributed by atoms with E-state index in [0.717, 1.165) is 23.3 Å². The van der Waals surface area contributed by atoms with E-state index in [1.807, 2.05) is 0 Å². The zero-order valence-corrected chi connectivity index (χ0v) is 12.1. The summed E-state index contributed by atoms with van der Waals surface area (Å²) in [5, 5.41) is 2.10. The van der Waals surface area contributed by atoms with Gasteiger partial charge in [-0.1, -0.05) is 0 Å². The monoisotopic (exact) mass is 276 g/mol. The minimum absolute atomic E-state index is 0.179. The van der Waals surface area contributed by atoms with E-state index in [2.05, 4.69) is 27.8 Å². The number of thiazole rings is 1. The molecule has 2 fully saturated rings. The number of imidazole rings is 1. The first kappa shape index (κ1) is 11.7. The number of rotatable bonds is 3. The van der Waals surface area contributed by atoms with Crippen LogP contribution in [0.2, 0.25) is 0 Å². The highest BCUT2D eigenvalue weighted by atomic mass is 32.1. The molecule has 0 radical (unpaired) electrons. The van der Waals surface area contributed by atoms with Gasteiger partial charge in [0.2, 0.25) is 0 Å². The molecular weight excluding hydrogens is 256 g/mol. The molecule has 2 aromatic heterocycles. The van der Waals surface area contributed by atoms with Gasteiger partial charge in [0.25, 0.3) is 0 Å². The van der Waals surface area contributed by atoms with E-state index in [0.29, 0.717) is 0 Å². The van der Waals surface area contributed by atoms with Crippen LogP contribution in [0.1, 0.15) is 31.9 Å². The molecule has 1 aliphatic heterocycles. The normalized spacial score (nSPS) is 27.6. The minimum Gasteiger partial charge on any atom is -0.352 e. The standard InChI is InChI=1S/C14H20N4S/c1-9(15)6-12-13(16-14-17(12)4-5-19-14)18-8-10-2-3-11(18)7-10/h4-5,9-11H,2-3,6-8,15H2,1H3. The Balaban J connectivity index is 1.77. The van der Waals surface area contributed by atoms with Crippen molar-refractivity contribution in [3.05, 3.63) is 17.3 Å². The molecule has 0 spiro atoms. The lowest BCUT2D eigenvalue weighted by Crippen LogP contribution is -2.33. The molecule has 2 N–H and O–H groups in total. The first-order valence-corrected chi connectivity index (χ1v) is 8.07. The molecule has 4 rings (SSSR count). The summed E-state index contributed by atoms with van der Waals surface area (Å²) < 4.78 is 2.23. The third-order valence-corrected chi connectivity index (χ3v) is 5.29. The number of anilines is 1. The van der Waals surface area contributed by atoms with Crippen molar-refractivity contribution in [1.29, 1.82) is 0 Å². The van der Waals surface area contributed by atoms with Crippen LogP contribution in [0, 0.1) is 5.92 Å². The highest BCUT2D eigenvalue weighted by molar-refractivity contribution is 7.15. The predicted octanol–water partition coefficient (Wildman–Crippen LogP) is 2.27. The van der Waals surface area contributed by atoms with Crippen molar-refractivity contribution >= 4 is 22.1 Å². The number of piperidine rings is 1. The lowest BCUT2D eigenvalue weighted by Gasteiger charge is -2.28. The highest BCUT2D eigenvalue weighted by Gasteiger charge is 2.39. The summed E-state index contributed by atoms with van der Waals surface area (Å²) in [6.07, 6.45) is 7.14. The molecule has 3 unspecified atom stereocenters. The summed E-state index contributed by atoms with van der Waals surface area (Å²) in [6, 6.07) is 0.903. The maximum Gasteiger partial charge on any atom is 0.195 e. The average molecular weight is 276 g/mol. The van der Waals surface area contributed by atoms with Crippen molar-refractivity contribution in [3.63, 3.8) is 0 Å². The lowest BCUT2D eigenvalue weighted by molar-refractivity contribution is 0.549. The van der Waals surface area contributed by atoms with Crippen LogP contribution in [-0.4, -0.2) is 28.0 Å². The van der Waals surface area contributed by atoms with Crippen molar-refractivity contribution in [2.45, 2.75) is 44.7 Å². The van der Waals surface area contributed by atoms with E-state index in [-0.39, 0.29) is 6.04 Å². The van der Waals surface area contributed by atoms with E-state index >= 15 is 0 Å². The molecule has 1 saturated carbocycles. The Bertz CT molecular complexity index is 600. The van der Waals surface area contributed by atoms with Gasteiger partial charge in [-0.05, 0) is 32.1 Å². The van der Waals surface area contributed by atoms with Crippen LogP contribution in [0.25, 0.3) is 4.96 Å². The van der Waals surface area contributed by atoms with Gasteiger partial charge in [0.1, 0.15) is 0 Å². The first-order valence-electron chi connectivity index (χ1n) is 7.19. The lowest BCUT2D eigenvalue weighted by atomic mass is 10.1. The molecule has 4 nitrogen and oxygen atoms in total. The van der Waals surface area contributed by atoms with E-state index in [1.54, 1.807) is 11.3 Å². The van der Waals surface area contributed by atoms with Crippen molar-refractivity contribution < 1.29 is 0 Å². The second-order valence-corrected chi connectivity index (χ2v) is 6.98. The van der Waals surface area contributed by atoms with Gasteiger partial charge in [-0.2, -0.15) is 0 Å². The summed E-state index contributed by atoms with van der Waals surface area (Å²) in [4.78, 5) is 8.53. The third-order valence-electron chi connectivity index (χ3n) is 4.54. The summed E-state index contributed by atoms with van der Waals surface area (Å²) in [5.41, 5.74) is 7.34. The van der Waals surface area contributed by atoms with Crippen LogP contribution in [0.3, 0.4) is 0 Å². The van der Waals surface area contributed by atoms with E-state index in [9.17, 15) is 0 Å². The Morgan fingerprint density at radius 1 is 1.53 bits per heavy atom.